The summed E-state index contributed by atoms with van der Waals surface area (Å²) < 4.78 is 0. The highest BCUT2D eigenvalue weighted by atomic mass is 16.2. The van der Waals surface area contributed by atoms with E-state index in [0.717, 1.165) is 0 Å². The van der Waals surface area contributed by atoms with Gasteiger partial charge in [-0.25, -0.2) is 4.79 Å². The van der Waals surface area contributed by atoms with Crippen molar-refractivity contribution in [1.29, 1.82) is 0 Å². The van der Waals surface area contributed by atoms with Gasteiger partial charge in [0.15, 0.2) is 0 Å². The van der Waals surface area contributed by atoms with Crippen LogP contribution >= 0.6 is 0 Å². The fourth-order valence-corrected chi connectivity index (χ4v) is 0.953. The summed E-state index contributed by atoms with van der Waals surface area (Å²) in [6.45, 7) is 6.12. The molecule has 5 heteroatoms. The minimum atomic E-state index is -0.600. The fourth-order valence-electron chi connectivity index (χ4n) is 0.953. The number of hydrogen-bond acceptors (Lipinski definition) is 2. The molecule has 0 aliphatic rings. The summed E-state index contributed by atoms with van der Waals surface area (Å²) in [6, 6.07) is -0.874. The zero-order chi connectivity index (χ0) is 11.3. The number of nitrogens with zero attached hydrogens (tertiary/aromatic N) is 1. The fraction of sp³-hybridized carbons (Fsp3) is 0.778. The maximum Gasteiger partial charge on any atom is 0.317 e. The third kappa shape index (κ3) is 3.64. The van der Waals surface area contributed by atoms with Crippen molar-refractivity contribution in [3.8, 4) is 0 Å². The molecule has 0 bridgehead atoms. The van der Waals surface area contributed by atoms with Crippen molar-refractivity contribution in [3.63, 3.8) is 0 Å². The van der Waals surface area contributed by atoms with Gasteiger partial charge in [0, 0.05) is 13.6 Å². The van der Waals surface area contributed by atoms with Crippen molar-refractivity contribution in [2.75, 3.05) is 13.6 Å². The van der Waals surface area contributed by atoms with Gasteiger partial charge < -0.3 is 16.0 Å². The highest BCUT2D eigenvalue weighted by molar-refractivity contribution is 5.86. The first-order chi connectivity index (χ1) is 6.40. The second-order valence-electron chi connectivity index (χ2n) is 3.59. The van der Waals surface area contributed by atoms with Gasteiger partial charge >= 0.3 is 6.03 Å². The number of amides is 3. The van der Waals surface area contributed by atoms with Crippen LogP contribution in [0.15, 0.2) is 0 Å². The lowest BCUT2D eigenvalue weighted by atomic mass is 10.0. The van der Waals surface area contributed by atoms with Crippen molar-refractivity contribution in [2.24, 2.45) is 11.7 Å². The van der Waals surface area contributed by atoms with E-state index in [1.807, 2.05) is 20.8 Å². The van der Waals surface area contributed by atoms with E-state index in [0.29, 0.717) is 6.54 Å². The van der Waals surface area contributed by atoms with Gasteiger partial charge in [0.05, 0.1) is 0 Å². The summed E-state index contributed by atoms with van der Waals surface area (Å²) >= 11 is 0. The van der Waals surface area contributed by atoms with Crippen LogP contribution in [-0.4, -0.2) is 36.5 Å². The van der Waals surface area contributed by atoms with Crippen molar-refractivity contribution in [3.05, 3.63) is 0 Å². The molecule has 5 nitrogen and oxygen atoms in total. The zero-order valence-electron chi connectivity index (χ0n) is 9.20. The second kappa shape index (κ2) is 5.47. The Bertz CT molecular complexity index is 216. The molecule has 0 aromatic heterocycles. The molecule has 0 aliphatic carbocycles. The molecular formula is C9H19N3O2. The monoisotopic (exact) mass is 201 g/mol. The third-order valence-corrected chi connectivity index (χ3v) is 2.07. The van der Waals surface area contributed by atoms with Crippen LogP contribution in [0.3, 0.4) is 0 Å². The molecular weight excluding hydrogens is 182 g/mol. The average molecular weight is 201 g/mol. The number of nitrogens with one attached hydrogen (secondary N) is 1. The van der Waals surface area contributed by atoms with Gasteiger partial charge in [-0.3, -0.25) is 4.79 Å². The van der Waals surface area contributed by atoms with E-state index in [-0.39, 0.29) is 11.9 Å². The predicted molar refractivity (Wildman–Crippen MR) is 54.7 cm³/mol. The maximum absolute atomic E-state index is 11.4. The van der Waals surface area contributed by atoms with E-state index in [1.165, 1.54) is 4.90 Å². The van der Waals surface area contributed by atoms with Gasteiger partial charge in [-0.05, 0) is 12.8 Å². The van der Waals surface area contributed by atoms with Crippen molar-refractivity contribution in [2.45, 2.75) is 26.8 Å². The van der Waals surface area contributed by atoms with E-state index in [9.17, 15) is 9.59 Å². The third-order valence-electron chi connectivity index (χ3n) is 2.07. The lowest BCUT2D eigenvalue weighted by Crippen LogP contribution is -2.51. The molecule has 3 amide bonds. The summed E-state index contributed by atoms with van der Waals surface area (Å²) in [6.07, 6.45) is 0. The molecule has 3 N–H and O–H groups in total. The van der Waals surface area contributed by atoms with Crippen LogP contribution < -0.4 is 11.1 Å². The summed E-state index contributed by atoms with van der Waals surface area (Å²) in [5.41, 5.74) is 5.16. The molecule has 82 valence electrons. The first-order valence-corrected chi connectivity index (χ1v) is 4.71. The molecule has 0 aromatic carbocycles. The van der Waals surface area contributed by atoms with Gasteiger partial charge in [0.2, 0.25) is 5.91 Å². The molecule has 0 radical (unpaired) electrons. The highest BCUT2D eigenvalue weighted by Crippen LogP contribution is 2.01. The number of urea groups is 1. The number of hydrogen-bond donors (Lipinski definition) is 2. The van der Waals surface area contributed by atoms with Crippen LogP contribution in [0.2, 0.25) is 0 Å². The van der Waals surface area contributed by atoms with Gasteiger partial charge in [0.1, 0.15) is 6.04 Å². The minimum Gasteiger partial charge on any atom is -0.368 e. The molecule has 1 unspecified atom stereocenters. The highest BCUT2D eigenvalue weighted by Gasteiger charge is 2.22. The van der Waals surface area contributed by atoms with Crippen LogP contribution in [0.5, 0.6) is 0 Å². The van der Waals surface area contributed by atoms with E-state index < -0.39 is 11.9 Å². The first kappa shape index (κ1) is 12.7. The van der Waals surface area contributed by atoms with Crippen LogP contribution in [-0.2, 0) is 4.79 Å². The standard InChI is InChI=1S/C9H19N3O2/c1-5-12(4)9(14)11-7(6(2)3)8(10)13/h6-7H,5H2,1-4H3,(H2,10,13)(H,11,14). The molecule has 0 spiro atoms. The largest absolute Gasteiger partial charge is 0.368 e. The molecule has 0 aromatic rings. The Morgan fingerprint density at radius 1 is 1.43 bits per heavy atom. The van der Waals surface area contributed by atoms with Gasteiger partial charge in [-0.15, -0.1) is 0 Å². The lowest BCUT2D eigenvalue weighted by Gasteiger charge is -2.22. The van der Waals surface area contributed by atoms with Gasteiger partial charge in [-0.2, -0.15) is 0 Å². The number of carbonyl (C=O) groups is 2. The average Bonchev–Trinajstić information content (AvgIpc) is 2.11. The van der Waals surface area contributed by atoms with Crippen LogP contribution in [0.4, 0.5) is 4.79 Å². The molecule has 1 atom stereocenters. The van der Waals surface area contributed by atoms with E-state index in [2.05, 4.69) is 5.32 Å². The molecule has 0 saturated carbocycles. The molecule has 14 heavy (non-hydrogen) atoms. The Morgan fingerprint density at radius 2 is 1.93 bits per heavy atom. The normalized spacial score (nSPS) is 12.4. The van der Waals surface area contributed by atoms with Crippen LogP contribution in [0.1, 0.15) is 20.8 Å². The Labute approximate surface area is 84.6 Å². The van der Waals surface area contributed by atoms with Crippen LogP contribution in [0, 0.1) is 5.92 Å². The summed E-state index contributed by atoms with van der Waals surface area (Å²) in [4.78, 5) is 23.9. The quantitative estimate of drug-likeness (QED) is 0.679. The van der Waals surface area contributed by atoms with Crippen molar-refractivity contribution < 1.29 is 9.59 Å². The lowest BCUT2D eigenvalue weighted by molar-refractivity contribution is -0.120. The van der Waals surface area contributed by atoms with Crippen LogP contribution in [0.25, 0.3) is 0 Å². The summed E-state index contributed by atoms with van der Waals surface area (Å²) in [7, 11) is 1.66. The Morgan fingerprint density at radius 3 is 2.21 bits per heavy atom. The molecule has 0 aliphatic heterocycles. The number of nitrogens with two attached hydrogens (primary N) is 1. The van der Waals surface area contributed by atoms with E-state index in [4.69, 9.17) is 5.73 Å². The zero-order valence-corrected chi connectivity index (χ0v) is 9.20. The molecule has 0 rings (SSSR count). The minimum absolute atomic E-state index is 0.00158. The Hall–Kier alpha value is -1.26. The van der Waals surface area contributed by atoms with Gasteiger partial charge in [-0.1, -0.05) is 13.8 Å². The van der Waals surface area contributed by atoms with Crippen molar-refractivity contribution in [1.82, 2.24) is 10.2 Å². The smallest absolute Gasteiger partial charge is 0.317 e. The summed E-state index contributed by atoms with van der Waals surface area (Å²) in [5.74, 6) is -0.500. The number of carbonyl (C=O) groups excluding carboxylic acids is 2. The maximum atomic E-state index is 11.4. The molecule has 0 fully saturated rings. The molecule has 0 heterocycles. The SMILES string of the molecule is CCN(C)C(=O)NC(C(N)=O)C(C)C. The van der Waals surface area contributed by atoms with E-state index >= 15 is 0 Å². The van der Waals surface area contributed by atoms with Gasteiger partial charge in [0.25, 0.3) is 0 Å². The number of rotatable bonds is 4. The predicted octanol–water partition coefficient (Wildman–Crippen LogP) is 0.158. The summed E-state index contributed by atoms with van der Waals surface area (Å²) in [5, 5.41) is 2.58. The van der Waals surface area contributed by atoms with E-state index in [1.54, 1.807) is 7.05 Å². The number of primary amides is 1. The molecule has 0 saturated heterocycles. The first-order valence-electron chi connectivity index (χ1n) is 4.71. The Balaban J connectivity index is 4.31. The second-order valence-corrected chi connectivity index (χ2v) is 3.59. The Kier molecular flexibility index (Phi) is 4.97. The van der Waals surface area contributed by atoms with Crippen molar-refractivity contribution >= 4 is 11.9 Å². The topological polar surface area (TPSA) is 75.4 Å².